The summed E-state index contributed by atoms with van der Waals surface area (Å²) in [6.07, 6.45) is 0.420. The van der Waals surface area contributed by atoms with Crippen LogP contribution in [-0.2, 0) is 11.2 Å². The second-order valence-corrected chi connectivity index (χ2v) is 4.67. The molecule has 0 saturated heterocycles. The van der Waals surface area contributed by atoms with Crippen LogP contribution in [0.25, 0.3) is 5.69 Å². The molecule has 0 bridgehead atoms. The van der Waals surface area contributed by atoms with E-state index in [0.29, 0.717) is 17.9 Å². The first-order valence-corrected chi connectivity index (χ1v) is 6.18. The second-order valence-electron chi connectivity index (χ2n) is 3.82. The minimum absolute atomic E-state index is 0.0480. The number of benzene rings is 1. The number of rotatable bonds is 4. The van der Waals surface area contributed by atoms with Crippen molar-refractivity contribution >= 4 is 27.7 Å². The Morgan fingerprint density at radius 3 is 2.83 bits per heavy atom. The van der Waals surface area contributed by atoms with Gasteiger partial charge in [0, 0.05) is 17.0 Å². The van der Waals surface area contributed by atoms with E-state index < -0.39 is 5.97 Å². The Morgan fingerprint density at radius 1 is 1.44 bits per heavy atom. The lowest BCUT2D eigenvalue weighted by Gasteiger charge is -2.05. The van der Waals surface area contributed by atoms with Crippen LogP contribution in [0.4, 0.5) is 5.82 Å². The van der Waals surface area contributed by atoms with Crippen molar-refractivity contribution in [1.82, 2.24) is 9.78 Å². The molecule has 2 aromatic rings. The van der Waals surface area contributed by atoms with Crippen LogP contribution >= 0.6 is 15.9 Å². The lowest BCUT2D eigenvalue weighted by molar-refractivity contribution is -0.136. The number of aryl methyl sites for hydroxylation is 1. The van der Waals surface area contributed by atoms with Gasteiger partial charge < -0.3 is 10.8 Å². The van der Waals surface area contributed by atoms with Crippen LogP contribution in [0.5, 0.6) is 0 Å². The summed E-state index contributed by atoms with van der Waals surface area (Å²) in [5.74, 6) is -0.355. The van der Waals surface area contributed by atoms with Gasteiger partial charge in [-0.2, -0.15) is 5.10 Å². The molecular weight excluding hydrogens is 298 g/mol. The van der Waals surface area contributed by atoms with Gasteiger partial charge in [0.2, 0.25) is 0 Å². The van der Waals surface area contributed by atoms with Crippen molar-refractivity contribution in [3.05, 3.63) is 40.5 Å². The smallest absolute Gasteiger partial charge is 0.303 e. The average molecular weight is 310 g/mol. The van der Waals surface area contributed by atoms with Gasteiger partial charge in [0.15, 0.2) is 0 Å². The molecule has 5 nitrogen and oxygen atoms in total. The number of para-hydroxylation sites is 1. The van der Waals surface area contributed by atoms with Gasteiger partial charge in [0.1, 0.15) is 5.82 Å². The zero-order valence-corrected chi connectivity index (χ0v) is 11.1. The summed E-state index contributed by atoms with van der Waals surface area (Å²) in [4.78, 5) is 10.5. The van der Waals surface area contributed by atoms with E-state index >= 15 is 0 Å². The maximum Gasteiger partial charge on any atom is 0.303 e. The monoisotopic (exact) mass is 309 g/mol. The van der Waals surface area contributed by atoms with Crippen molar-refractivity contribution in [2.24, 2.45) is 0 Å². The fraction of sp³-hybridized carbons (Fsp3) is 0.167. The number of aromatic nitrogens is 2. The Bertz CT molecular complexity index is 580. The zero-order valence-electron chi connectivity index (χ0n) is 9.51. The Hall–Kier alpha value is -1.82. The van der Waals surface area contributed by atoms with Crippen molar-refractivity contribution in [3.63, 3.8) is 0 Å². The van der Waals surface area contributed by atoms with Gasteiger partial charge in [-0.1, -0.05) is 12.1 Å². The third-order valence-electron chi connectivity index (χ3n) is 2.46. The van der Waals surface area contributed by atoms with Crippen molar-refractivity contribution in [3.8, 4) is 5.69 Å². The molecule has 0 radical (unpaired) electrons. The Kier molecular flexibility index (Phi) is 3.66. The Morgan fingerprint density at radius 2 is 2.17 bits per heavy atom. The molecule has 3 N–H and O–H groups in total. The topological polar surface area (TPSA) is 81.1 Å². The number of nitrogens with two attached hydrogens (primary N) is 1. The van der Waals surface area contributed by atoms with Crippen LogP contribution < -0.4 is 5.73 Å². The number of nitrogen functional groups attached to an aromatic ring is 1. The summed E-state index contributed by atoms with van der Waals surface area (Å²) in [6.45, 7) is 0. The van der Waals surface area contributed by atoms with Crippen molar-refractivity contribution in [2.45, 2.75) is 12.8 Å². The van der Waals surface area contributed by atoms with Crippen LogP contribution in [-0.4, -0.2) is 20.9 Å². The fourth-order valence-electron chi connectivity index (χ4n) is 1.62. The number of nitrogens with zero attached hydrogens (tertiary/aromatic N) is 2. The lowest BCUT2D eigenvalue weighted by Crippen LogP contribution is -2.03. The maximum atomic E-state index is 10.5. The first-order chi connectivity index (χ1) is 8.58. The molecular formula is C12H12BrN3O2. The molecule has 1 aromatic heterocycles. The van der Waals surface area contributed by atoms with Crippen LogP contribution in [0.2, 0.25) is 0 Å². The molecule has 0 spiro atoms. The molecule has 0 aliphatic carbocycles. The van der Waals surface area contributed by atoms with Crippen LogP contribution in [0.1, 0.15) is 12.1 Å². The standard InChI is InChI=1S/C12H12BrN3O2/c13-9-3-1-2-4-10(9)16-11(14)7-8(15-16)5-6-12(17)18/h1-4,7H,5-6,14H2,(H,17,18). The van der Waals surface area contributed by atoms with Gasteiger partial charge >= 0.3 is 5.97 Å². The summed E-state index contributed by atoms with van der Waals surface area (Å²) in [6, 6.07) is 9.26. The third-order valence-corrected chi connectivity index (χ3v) is 3.13. The second kappa shape index (κ2) is 5.22. The summed E-state index contributed by atoms with van der Waals surface area (Å²) in [5.41, 5.74) is 7.38. The highest BCUT2D eigenvalue weighted by molar-refractivity contribution is 9.10. The molecule has 2 rings (SSSR count). The largest absolute Gasteiger partial charge is 0.481 e. The normalized spacial score (nSPS) is 10.5. The third kappa shape index (κ3) is 2.70. The Labute approximate surface area is 112 Å². The molecule has 0 fully saturated rings. The number of carboxylic acid groups (broad SMARTS) is 1. The van der Waals surface area contributed by atoms with Gasteiger partial charge in [-0.05, 0) is 28.1 Å². The van der Waals surface area contributed by atoms with Crippen molar-refractivity contribution in [2.75, 3.05) is 5.73 Å². The van der Waals surface area contributed by atoms with Gasteiger partial charge in [0.05, 0.1) is 17.8 Å². The van der Waals surface area contributed by atoms with E-state index in [-0.39, 0.29) is 6.42 Å². The van der Waals surface area contributed by atoms with E-state index in [4.69, 9.17) is 10.8 Å². The molecule has 0 unspecified atom stereocenters. The SMILES string of the molecule is Nc1cc(CCC(=O)O)nn1-c1ccccc1Br. The van der Waals surface area contributed by atoms with Gasteiger partial charge in [0.25, 0.3) is 0 Å². The maximum absolute atomic E-state index is 10.5. The molecule has 6 heteroatoms. The number of hydrogen-bond acceptors (Lipinski definition) is 3. The molecule has 1 aromatic carbocycles. The van der Waals surface area contributed by atoms with Gasteiger partial charge in [-0.15, -0.1) is 0 Å². The summed E-state index contributed by atoms with van der Waals surface area (Å²) < 4.78 is 2.48. The molecule has 1 heterocycles. The summed E-state index contributed by atoms with van der Waals surface area (Å²) in [7, 11) is 0. The predicted molar refractivity (Wildman–Crippen MR) is 71.6 cm³/mol. The number of hydrogen-bond donors (Lipinski definition) is 2. The predicted octanol–water partition coefficient (Wildman–Crippen LogP) is 2.23. The lowest BCUT2D eigenvalue weighted by atomic mass is 10.2. The van der Waals surface area contributed by atoms with E-state index in [1.165, 1.54) is 0 Å². The van der Waals surface area contributed by atoms with E-state index in [9.17, 15) is 4.79 Å². The highest BCUT2D eigenvalue weighted by Crippen LogP contribution is 2.23. The number of anilines is 1. The molecule has 0 saturated carbocycles. The molecule has 0 amide bonds. The minimum atomic E-state index is -0.844. The highest BCUT2D eigenvalue weighted by atomic mass is 79.9. The summed E-state index contributed by atoms with van der Waals surface area (Å²) in [5, 5.41) is 12.9. The van der Waals surface area contributed by atoms with Gasteiger partial charge in [-0.3, -0.25) is 4.79 Å². The average Bonchev–Trinajstić information content (AvgIpc) is 2.69. The van der Waals surface area contributed by atoms with Crippen LogP contribution in [0.15, 0.2) is 34.8 Å². The number of aliphatic carboxylic acids is 1. The van der Waals surface area contributed by atoms with E-state index in [1.807, 2.05) is 24.3 Å². The minimum Gasteiger partial charge on any atom is -0.481 e. The Balaban J connectivity index is 2.30. The fourth-order valence-corrected chi connectivity index (χ4v) is 2.07. The van der Waals surface area contributed by atoms with E-state index in [0.717, 1.165) is 10.2 Å². The number of halogens is 1. The first-order valence-electron chi connectivity index (χ1n) is 5.39. The molecule has 94 valence electrons. The van der Waals surface area contributed by atoms with Crippen LogP contribution in [0, 0.1) is 0 Å². The van der Waals surface area contributed by atoms with Gasteiger partial charge in [-0.25, -0.2) is 4.68 Å². The highest BCUT2D eigenvalue weighted by Gasteiger charge is 2.10. The quantitative estimate of drug-likeness (QED) is 0.907. The zero-order chi connectivity index (χ0) is 13.1. The number of carboxylic acids is 1. The molecule has 0 aliphatic rings. The molecule has 0 atom stereocenters. The molecule has 0 aliphatic heterocycles. The van der Waals surface area contributed by atoms with Crippen molar-refractivity contribution in [1.29, 1.82) is 0 Å². The van der Waals surface area contributed by atoms with E-state index in [2.05, 4.69) is 21.0 Å². The van der Waals surface area contributed by atoms with Crippen LogP contribution in [0.3, 0.4) is 0 Å². The van der Waals surface area contributed by atoms with Crippen molar-refractivity contribution < 1.29 is 9.90 Å². The molecule has 18 heavy (non-hydrogen) atoms. The summed E-state index contributed by atoms with van der Waals surface area (Å²) >= 11 is 3.43. The number of carbonyl (C=O) groups is 1. The first kappa shape index (κ1) is 12.6. The van der Waals surface area contributed by atoms with E-state index in [1.54, 1.807) is 10.7 Å².